The molecule has 1 fully saturated rings. The minimum atomic E-state index is 0.368. The summed E-state index contributed by atoms with van der Waals surface area (Å²) in [7, 11) is 0. The lowest BCUT2D eigenvalue weighted by Gasteiger charge is -2.26. The Morgan fingerprint density at radius 3 is 2.53 bits per heavy atom. The van der Waals surface area contributed by atoms with Crippen LogP contribution in [-0.4, -0.2) is 35.8 Å². The molecule has 158 valence electrons. The van der Waals surface area contributed by atoms with Gasteiger partial charge in [-0.1, -0.05) is 16.8 Å². The highest BCUT2D eigenvalue weighted by Crippen LogP contribution is 2.40. The van der Waals surface area contributed by atoms with Crippen LogP contribution in [0.1, 0.15) is 80.3 Å². The van der Waals surface area contributed by atoms with Gasteiger partial charge in [0.05, 0.1) is 12.2 Å². The van der Waals surface area contributed by atoms with Gasteiger partial charge in [0.25, 0.3) is 0 Å². The quantitative estimate of drug-likeness (QED) is 0.600. The summed E-state index contributed by atoms with van der Waals surface area (Å²) >= 11 is 6.34. The smallest absolute Gasteiger partial charge is 0.223 e. The average Bonchev–Trinajstić information content (AvgIpc) is 3.30. The summed E-state index contributed by atoms with van der Waals surface area (Å²) < 4.78 is 7.47. The lowest BCUT2D eigenvalue weighted by atomic mass is 9.81. The molecule has 1 aliphatic carbocycles. The zero-order valence-electron chi connectivity index (χ0n) is 17.7. The summed E-state index contributed by atoms with van der Waals surface area (Å²) in [5.41, 5.74) is 2.39. The third-order valence-corrected chi connectivity index (χ3v) is 6.72. The number of halogens is 1. The lowest BCUT2D eigenvalue weighted by Crippen LogP contribution is -2.29. The first-order chi connectivity index (χ1) is 14.5. The van der Waals surface area contributed by atoms with Gasteiger partial charge in [-0.15, -0.1) is 10.2 Å². The molecule has 1 aromatic carbocycles. The lowest BCUT2D eigenvalue weighted by molar-refractivity contribution is 0.201. The predicted octanol–water partition coefficient (Wildman–Crippen LogP) is 4.78. The number of rotatable bonds is 3. The van der Waals surface area contributed by atoms with Crippen molar-refractivity contribution in [2.45, 2.75) is 77.4 Å². The first-order valence-corrected chi connectivity index (χ1v) is 11.1. The van der Waals surface area contributed by atoms with Crippen molar-refractivity contribution in [1.29, 1.82) is 0 Å². The van der Waals surface area contributed by atoms with Gasteiger partial charge in [-0.2, -0.15) is 4.98 Å². The van der Waals surface area contributed by atoms with Crippen LogP contribution in [0.4, 0.5) is 0 Å². The standard InChI is InChI=1S/C22H27ClN6O/c1-13(2)28-11-17-10-18(23)8-9-19(17)29-20(12-28)25-26-22(29)16-6-4-15(5-7-16)21-24-14(3)30-27-21/h8-10,13,15-16H,4-7,11-12H2,1-3H3. The average molecular weight is 427 g/mol. The van der Waals surface area contributed by atoms with Gasteiger partial charge in [0.2, 0.25) is 5.89 Å². The Hall–Kier alpha value is -2.25. The fraction of sp³-hybridized carbons (Fsp3) is 0.545. The molecule has 0 N–H and O–H groups in total. The van der Waals surface area contributed by atoms with Gasteiger partial charge in [0.15, 0.2) is 11.6 Å². The number of hydrogen-bond donors (Lipinski definition) is 0. The van der Waals surface area contributed by atoms with E-state index < -0.39 is 0 Å². The molecule has 30 heavy (non-hydrogen) atoms. The van der Waals surface area contributed by atoms with Crippen LogP contribution in [0.15, 0.2) is 22.7 Å². The number of hydrogen-bond acceptors (Lipinski definition) is 6. The van der Waals surface area contributed by atoms with Crippen molar-refractivity contribution >= 4 is 11.6 Å². The second kappa shape index (κ2) is 7.78. The summed E-state index contributed by atoms with van der Waals surface area (Å²) in [5, 5.41) is 14.2. The molecule has 2 aromatic heterocycles. The van der Waals surface area contributed by atoms with Crippen molar-refractivity contribution in [3.63, 3.8) is 0 Å². The Labute approximate surface area is 181 Å². The fourth-order valence-electron chi connectivity index (χ4n) is 4.77. The Kier molecular flexibility index (Phi) is 5.11. The Morgan fingerprint density at radius 1 is 1.07 bits per heavy atom. The maximum Gasteiger partial charge on any atom is 0.223 e. The van der Waals surface area contributed by atoms with Crippen LogP contribution < -0.4 is 0 Å². The molecular formula is C22H27ClN6O. The molecule has 0 amide bonds. The van der Waals surface area contributed by atoms with Crippen LogP contribution in [0.5, 0.6) is 0 Å². The van der Waals surface area contributed by atoms with Crippen molar-refractivity contribution < 1.29 is 4.52 Å². The number of aryl methyl sites for hydroxylation is 1. The van der Waals surface area contributed by atoms with Crippen LogP contribution in [0.25, 0.3) is 5.69 Å². The van der Waals surface area contributed by atoms with Crippen LogP contribution in [0.3, 0.4) is 0 Å². The summed E-state index contributed by atoms with van der Waals surface area (Å²) in [6, 6.07) is 6.58. The Bertz CT molecular complexity index is 1050. The first-order valence-electron chi connectivity index (χ1n) is 10.8. The van der Waals surface area contributed by atoms with Crippen LogP contribution in [0, 0.1) is 6.92 Å². The molecule has 5 rings (SSSR count). The molecule has 7 nitrogen and oxygen atoms in total. The molecule has 0 unspecified atom stereocenters. The normalized spacial score (nSPS) is 22.0. The molecule has 3 aromatic rings. The van der Waals surface area contributed by atoms with E-state index in [4.69, 9.17) is 16.1 Å². The van der Waals surface area contributed by atoms with Gasteiger partial charge in [0, 0.05) is 36.4 Å². The third kappa shape index (κ3) is 3.54. The van der Waals surface area contributed by atoms with Crippen LogP contribution >= 0.6 is 11.6 Å². The molecule has 2 aliphatic rings. The van der Waals surface area contributed by atoms with E-state index in [1.807, 2.05) is 13.0 Å². The number of fused-ring (bicyclic) bond motifs is 3. The SMILES string of the molecule is Cc1nc(C2CCC(c3nnc4n3-c3ccc(Cl)cc3CN(C(C)C)C4)CC2)no1. The molecule has 8 heteroatoms. The van der Waals surface area contributed by atoms with Gasteiger partial charge in [-0.25, -0.2) is 0 Å². The largest absolute Gasteiger partial charge is 0.340 e. The van der Waals surface area contributed by atoms with Gasteiger partial charge >= 0.3 is 0 Å². The topological polar surface area (TPSA) is 72.9 Å². The highest BCUT2D eigenvalue weighted by Gasteiger charge is 2.32. The number of aromatic nitrogens is 5. The minimum Gasteiger partial charge on any atom is -0.340 e. The van der Waals surface area contributed by atoms with Crippen molar-refractivity contribution in [2.75, 3.05) is 0 Å². The van der Waals surface area contributed by atoms with Crippen LogP contribution in [0.2, 0.25) is 5.02 Å². The van der Waals surface area contributed by atoms with Gasteiger partial charge < -0.3 is 4.52 Å². The summed E-state index contributed by atoms with van der Waals surface area (Å²) in [6.07, 6.45) is 4.18. The van der Waals surface area contributed by atoms with E-state index >= 15 is 0 Å². The van der Waals surface area contributed by atoms with E-state index in [0.29, 0.717) is 23.8 Å². The van der Waals surface area contributed by atoms with Gasteiger partial charge in [-0.3, -0.25) is 9.47 Å². The van der Waals surface area contributed by atoms with E-state index in [1.54, 1.807) is 0 Å². The zero-order chi connectivity index (χ0) is 20.8. The van der Waals surface area contributed by atoms with Crippen molar-refractivity contribution in [2.24, 2.45) is 0 Å². The molecular weight excluding hydrogens is 400 g/mol. The number of nitrogens with zero attached hydrogens (tertiary/aromatic N) is 6. The second-order valence-electron chi connectivity index (χ2n) is 8.80. The zero-order valence-corrected chi connectivity index (χ0v) is 18.4. The maximum absolute atomic E-state index is 6.34. The molecule has 0 radical (unpaired) electrons. The molecule has 1 aliphatic heterocycles. The molecule has 0 bridgehead atoms. The predicted molar refractivity (Wildman–Crippen MR) is 114 cm³/mol. The molecule has 3 heterocycles. The summed E-state index contributed by atoms with van der Waals surface area (Å²) in [5.74, 6) is 4.31. The third-order valence-electron chi connectivity index (χ3n) is 6.49. The molecule has 0 spiro atoms. The highest BCUT2D eigenvalue weighted by molar-refractivity contribution is 6.30. The van der Waals surface area contributed by atoms with E-state index in [0.717, 1.165) is 67.0 Å². The molecule has 0 atom stereocenters. The summed E-state index contributed by atoms with van der Waals surface area (Å²) in [6.45, 7) is 7.93. The Balaban J connectivity index is 1.46. The summed E-state index contributed by atoms with van der Waals surface area (Å²) in [4.78, 5) is 6.86. The highest BCUT2D eigenvalue weighted by atomic mass is 35.5. The second-order valence-corrected chi connectivity index (χ2v) is 9.24. The van der Waals surface area contributed by atoms with E-state index in [2.05, 4.69) is 55.8 Å². The van der Waals surface area contributed by atoms with E-state index in [9.17, 15) is 0 Å². The molecule has 1 saturated carbocycles. The van der Waals surface area contributed by atoms with Crippen molar-refractivity contribution in [3.8, 4) is 5.69 Å². The fourth-order valence-corrected chi connectivity index (χ4v) is 4.97. The van der Waals surface area contributed by atoms with Crippen molar-refractivity contribution in [1.82, 2.24) is 29.8 Å². The van der Waals surface area contributed by atoms with E-state index in [1.165, 1.54) is 5.56 Å². The first kappa shape index (κ1) is 19.7. The monoisotopic (exact) mass is 426 g/mol. The van der Waals surface area contributed by atoms with Crippen LogP contribution in [-0.2, 0) is 13.1 Å². The molecule has 0 saturated heterocycles. The Morgan fingerprint density at radius 2 is 1.83 bits per heavy atom. The number of benzene rings is 1. The van der Waals surface area contributed by atoms with Crippen molar-refractivity contribution in [3.05, 3.63) is 52.1 Å². The maximum atomic E-state index is 6.34. The minimum absolute atomic E-state index is 0.368. The van der Waals surface area contributed by atoms with Gasteiger partial charge in [0.1, 0.15) is 5.82 Å². The van der Waals surface area contributed by atoms with Gasteiger partial charge in [-0.05, 0) is 63.3 Å². The van der Waals surface area contributed by atoms with E-state index in [-0.39, 0.29) is 0 Å².